The summed E-state index contributed by atoms with van der Waals surface area (Å²) in [5, 5.41) is 28.9. The Hall–Kier alpha value is -5.03. The maximum atomic E-state index is 13.8. The fourth-order valence-electron chi connectivity index (χ4n) is 4.17. The van der Waals surface area contributed by atoms with Crippen molar-refractivity contribution >= 4 is 45.6 Å². The summed E-state index contributed by atoms with van der Waals surface area (Å²) in [4.78, 5) is 65.5. The highest BCUT2D eigenvalue weighted by molar-refractivity contribution is 7.85. The van der Waals surface area contributed by atoms with Crippen molar-refractivity contribution < 1.29 is 51.9 Å². The van der Waals surface area contributed by atoms with Crippen LogP contribution < -0.4 is 11.1 Å². The summed E-state index contributed by atoms with van der Waals surface area (Å²) < 4.78 is 30.5. The lowest BCUT2D eigenvalue weighted by molar-refractivity contribution is -0.159. The molecule has 1 fully saturated rings. The summed E-state index contributed by atoms with van der Waals surface area (Å²) in [6.45, 7) is -0.752. The molecule has 1 aliphatic heterocycles. The Bertz CT molecular complexity index is 1490. The van der Waals surface area contributed by atoms with Crippen molar-refractivity contribution in [1.82, 2.24) is 15.1 Å². The van der Waals surface area contributed by atoms with Gasteiger partial charge >= 0.3 is 11.9 Å². The van der Waals surface area contributed by atoms with Gasteiger partial charge in [-0.2, -0.15) is 8.42 Å². The Kier molecular flexibility index (Phi) is 12.3. The van der Waals surface area contributed by atoms with Gasteiger partial charge in [0.25, 0.3) is 16.0 Å². The molecule has 2 atom stereocenters. The average Bonchev–Trinajstić information content (AvgIpc) is 2.94. The molecule has 7 N–H and O–H groups in total. The lowest BCUT2D eigenvalue weighted by Crippen LogP contribution is -2.63. The van der Waals surface area contributed by atoms with Crippen LogP contribution in [0.4, 0.5) is 0 Å². The number of rotatable bonds is 10. The standard InChI is InChI=1S/C26H29N5O8.CH4O3S/c1-39-22(35)13-20-26(38)30(14-21(33)34)10-11-31(20)25(37)19(12-15-2-8-18(32)9-3-15)29-24(36)17-6-4-16(5-7-17)23(27)28;1-5(2,3)4/h2-9,19-20,32H,10-14H2,1H3,(H3,27,28)(H,29,36)(H,33,34);1H3,(H,2,3,4)/t19-,20-;/m0./s1. The van der Waals surface area contributed by atoms with Gasteiger partial charge < -0.3 is 35.8 Å². The first kappa shape index (κ1) is 35.2. The molecule has 0 saturated carbocycles. The summed E-state index contributed by atoms with van der Waals surface area (Å²) >= 11 is 0. The Labute approximate surface area is 252 Å². The van der Waals surface area contributed by atoms with E-state index in [0.29, 0.717) is 17.4 Å². The first-order valence-corrected chi connectivity index (χ1v) is 14.7. The van der Waals surface area contributed by atoms with Crippen LogP contribution >= 0.6 is 0 Å². The minimum absolute atomic E-state index is 0.00881. The SMILES string of the molecule is COC(=O)C[C@H]1C(=O)N(CC(=O)O)CCN1C(=O)[C@H](Cc1ccc(O)cc1)NC(=O)c1ccc(C(=N)N)cc1.CS(=O)(=O)O. The van der Waals surface area contributed by atoms with E-state index >= 15 is 0 Å². The summed E-state index contributed by atoms with van der Waals surface area (Å²) in [7, 11) is -2.54. The van der Waals surface area contributed by atoms with E-state index in [0.717, 1.165) is 16.9 Å². The third-order valence-electron chi connectivity index (χ3n) is 6.22. The van der Waals surface area contributed by atoms with E-state index < -0.39 is 64.8 Å². The van der Waals surface area contributed by atoms with Crippen LogP contribution in [0.15, 0.2) is 48.5 Å². The second kappa shape index (κ2) is 15.4. The van der Waals surface area contributed by atoms with Gasteiger partial charge in [0.2, 0.25) is 11.8 Å². The number of esters is 1. The number of carboxylic acid groups (broad SMARTS) is 1. The fourth-order valence-corrected chi connectivity index (χ4v) is 4.17. The number of nitrogens with zero attached hydrogens (tertiary/aromatic N) is 2. The zero-order chi connectivity index (χ0) is 33.2. The van der Waals surface area contributed by atoms with E-state index in [1.807, 2.05) is 0 Å². The first-order chi connectivity index (χ1) is 20.5. The molecule has 1 aliphatic rings. The molecule has 44 heavy (non-hydrogen) atoms. The molecule has 16 nitrogen and oxygen atoms in total. The van der Waals surface area contributed by atoms with Gasteiger partial charge in [-0.05, 0) is 29.8 Å². The summed E-state index contributed by atoms with van der Waals surface area (Å²) in [5.74, 6) is -4.17. The molecule has 1 heterocycles. The van der Waals surface area contributed by atoms with Gasteiger partial charge in [-0.15, -0.1) is 0 Å². The number of amidine groups is 1. The fraction of sp³-hybridized carbons (Fsp3) is 0.333. The lowest BCUT2D eigenvalue weighted by atomic mass is 10.0. The molecule has 0 aliphatic carbocycles. The van der Waals surface area contributed by atoms with Crippen LogP contribution in [0.3, 0.4) is 0 Å². The minimum Gasteiger partial charge on any atom is -0.508 e. The highest BCUT2D eigenvalue weighted by atomic mass is 32.2. The second-order valence-electron chi connectivity index (χ2n) is 9.60. The maximum Gasteiger partial charge on any atom is 0.323 e. The summed E-state index contributed by atoms with van der Waals surface area (Å²) in [6.07, 6.45) is 0.210. The Morgan fingerprint density at radius 2 is 1.61 bits per heavy atom. The number of nitrogens with one attached hydrogen (secondary N) is 2. The number of methoxy groups -OCH3 is 1. The predicted octanol–water partition coefficient (Wildman–Crippen LogP) is -0.792. The Balaban J connectivity index is 0.00000125. The molecular formula is C27H33N5O11S. The predicted molar refractivity (Wildman–Crippen MR) is 154 cm³/mol. The molecule has 17 heteroatoms. The number of nitrogens with two attached hydrogens (primary N) is 1. The minimum atomic E-state index is -3.67. The number of carbonyl (C=O) groups is 5. The number of carbonyl (C=O) groups excluding carboxylic acids is 4. The third-order valence-corrected chi connectivity index (χ3v) is 6.22. The van der Waals surface area contributed by atoms with Gasteiger partial charge in [0.05, 0.1) is 19.8 Å². The zero-order valence-corrected chi connectivity index (χ0v) is 24.6. The maximum absolute atomic E-state index is 13.8. The van der Waals surface area contributed by atoms with Gasteiger partial charge in [-0.1, -0.05) is 24.3 Å². The average molecular weight is 636 g/mol. The van der Waals surface area contributed by atoms with Crippen molar-refractivity contribution in [2.75, 3.05) is 33.0 Å². The molecule has 0 spiro atoms. The Morgan fingerprint density at radius 1 is 1.07 bits per heavy atom. The number of benzene rings is 2. The smallest absolute Gasteiger partial charge is 0.323 e. The van der Waals surface area contributed by atoms with E-state index in [9.17, 15) is 37.5 Å². The number of ether oxygens (including phenoxy) is 1. The zero-order valence-electron chi connectivity index (χ0n) is 23.8. The number of hydrogen-bond acceptors (Lipinski definition) is 10. The van der Waals surface area contributed by atoms with Crippen molar-refractivity contribution in [2.24, 2.45) is 5.73 Å². The van der Waals surface area contributed by atoms with Crippen LogP contribution in [0.1, 0.15) is 27.9 Å². The number of aromatic hydroxyl groups is 1. The van der Waals surface area contributed by atoms with Crippen LogP contribution in [-0.2, 0) is 40.5 Å². The van der Waals surface area contributed by atoms with E-state index in [-0.39, 0.29) is 36.7 Å². The molecule has 3 amide bonds. The van der Waals surface area contributed by atoms with Crippen molar-refractivity contribution in [2.45, 2.75) is 24.9 Å². The summed E-state index contributed by atoms with van der Waals surface area (Å²) in [6, 6.07) is 9.35. The highest BCUT2D eigenvalue weighted by Crippen LogP contribution is 2.19. The van der Waals surface area contributed by atoms with Crippen molar-refractivity contribution in [3.8, 4) is 5.75 Å². The quantitative estimate of drug-likeness (QED) is 0.0812. The van der Waals surface area contributed by atoms with Crippen LogP contribution in [0, 0.1) is 5.41 Å². The van der Waals surface area contributed by atoms with Gasteiger partial charge in [0.1, 0.15) is 30.2 Å². The van der Waals surface area contributed by atoms with Gasteiger partial charge in [0, 0.05) is 30.6 Å². The molecule has 0 bridgehead atoms. The largest absolute Gasteiger partial charge is 0.508 e. The topological polar surface area (TPSA) is 258 Å². The molecule has 0 radical (unpaired) electrons. The van der Waals surface area contributed by atoms with E-state index in [1.165, 1.54) is 36.4 Å². The normalized spacial score (nSPS) is 15.3. The van der Waals surface area contributed by atoms with Crippen LogP contribution in [0.2, 0.25) is 0 Å². The van der Waals surface area contributed by atoms with E-state index in [2.05, 4.69) is 10.1 Å². The molecule has 3 rings (SSSR count). The number of phenols is 1. The molecule has 2 aromatic carbocycles. The number of phenolic OH excluding ortho intramolecular Hbond substituents is 1. The molecule has 1 saturated heterocycles. The first-order valence-electron chi connectivity index (χ1n) is 12.8. The number of nitrogen functional groups attached to an aromatic ring is 1. The highest BCUT2D eigenvalue weighted by Gasteiger charge is 2.41. The molecule has 0 unspecified atom stereocenters. The Morgan fingerprint density at radius 3 is 2.11 bits per heavy atom. The molecular weight excluding hydrogens is 602 g/mol. The van der Waals surface area contributed by atoms with Crippen LogP contribution in [-0.4, -0.2) is 114 Å². The van der Waals surface area contributed by atoms with Crippen molar-refractivity contribution in [3.05, 3.63) is 65.2 Å². The van der Waals surface area contributed by atoms with E-state index in [1.54, 1.807) is 12.1 Å². The number of carboxylic acids is 1. The van der Waals surface area contributed by atoms with Gasteiger partial charge in [-0.25, -0.2) is 0 Å². The molecule has 0 aromatic heterocycles. The number of amides is 3. The van der Waals surface area contributed by atoms with Crippen LogP contribution in [0.5, 0.6) is 5.75 Å². The van der Waals surface area contributed by atoms with Crippen molar-refractivity contribution in [1.29, 1.82) is 5.41 Å². The number of piperazine rings is 1. The van der Waals surface area contributed by atoms with Crippen molar-refractivity contribution in [3.63, 3.8) is 0 Å². The molecule has 238 valence electrons. The monoisotopic (exact) mass is 635 g/mol. The molecule has 2 aromatic rings. The lowest BCUT2D eigenvalue weighted by Gasteiger charge is -2.41. The number of hydrogen-bond donors (Lipinski definition) is 6. The van der Waals surface area contributed by atoms with Crippen LogP contribution in [0.25, 0.3) is 0 Å². The third kappa shape index (κ3) is 11.0. The second-order valence-corrected chi connectivity index (χ2v) is 11.1. The van der Waals surface area contributed by atoms with Gasteiger partial charge in [0.15, 0.2) is 0 Å². The summed E-state index contributed by atoms with van der Waals surface area (Å²) in [5.41, 5.74) is 6.66. The van der Waals surface area contributed by atoms with Gasteiger partial charge in [-0.3, -0.25) is 33.9 Å². The van der Waals surface area contributed by atoms with E-state index in [4.69, 9.17) is 20.8 Å². The number of aliphatic carboxylic acids is 1.